The second-order valence-corrected chi connectivity index (χ2v) is 4.51. The van der Waals surface area contributed by atoms with Gasteiger partial charge < -0.3 is 4.90 Å². The number of hydrogen-bond acceptors (Lipinski definition) is 3. The lowest BCUT2D eigenvalue weighted by molar-refractivity contribution is 0.212. The van der Waals surface area contributed by atoms with Crippen LogP contribution in [-0.2, 0) is 0 Å². The summed E-state index contributed by atoms with van der Waals surface area (Å²) in [5.74, 6) is 0. The minimum atomic E-state index is 0.260. The van der Waals surface area contributed by atoms with Gasteiger partial charge in [0, 0.05) is 19.4 Å². The molecule has 0 aromatic rings. The van der Waals surface area contributed by atoms with Crippen molar-refractivity contribution in [3.8, 4) is 6.19 Å². The maximum atomic E-state index is 8.92. The van der Waals surface area contributed by atoms with Gasteiger partial charge in [0.25, 0.3) is 0 Å². The predicted molar refractivity (Wildman–Crippen MR) is 66.1 cm³/mol. The summed E-state index contributed by atoms with van der Waals surface area (Å²) in [5, 5.41) is 8.92. The van der Waals surface area contributed by atoms with E-state index in [4.69, 9.17) is 5.26 Å². The molecule has 1 unspecified atom stereocenters. The van der Waals surface area contributed by atoms with Crippen molar-refractivity contribution >= 4 is 0 Å². The number of hydrogen-bond donors (Lipinski definition) is 0. The van der Waals surface area contributed by atoms with Gasteiger partial charge in [-0.3, -0.25) is 4.90 Å². The van der Waals surface area contributed by atoms with Crippen molar-refractivity contribution in [2.75, 3.05) is 7.05 Å². The lowest BCUT2D eigenvalue weighted by Crippen LogP contribution is -2.33. The van der Waals surface area contributed by atoms with Crippen LogP contribution < -0.4 is 0 Å². The molecular formula is C13H23N3. The summed E-state index contributed by atoms with van der Waals surface area (Å²) in [6, 6.07) is 0. The van der Waals surface area contributed by atoms with Gasteiger partial charge >= 0.3 is 0 Å². The van der Waals surface area contributed by atoms with E-state index < -0.39 is 0 Å². The van der Waals surface area contributed by atoms with E-state index in [0.717, 1.165) is 6.42 Å². The lowest BCUT2D eigenvalue weighted by Gasteiger charge is -2.25. The highest BCUT2D eigenvalue weighted by Gasteiger charge is 2.22. The Morgan fingerprint density at radius 1 is 1.12 bits per heavy atom. The molecule has 0 fully saturated rings. The third kappa shape index (κ3) is 3.77. The minimum absolute atomic E-state index is 0.260. The highest BCUT2D eigenvalue weighted by molar-refractivity contribution is 5.01. The van der Waals surface area contributed by atoms with Crippen LogP contribution in [0.1, 0.15) is 51.9 Å². The maximum absolute atomic E-state index is 8.92. The first kappa shape index (κ1) is 12.9. The highest BCUT2D eigenvalue weighted by Crippen LogP contribution is 2.19. The largest absolute Gasteiger partial charge is 0.358 e. The van der Waals surface area contributed by atoms with E-state index in [-0.39, 0.29) is 6.17 Å². The van der Waals surface area contributed by atoms with E-state index >= 15 is 0 Å². The molecule has 0 N–H and O–H groups in total. The molecule has 0 saturated carbocycles. The van der Waals surface area contributed by atoms with Crippen molar-refractivity contribution in [3.05, 3.63) is 12.4 Å². The van der Waals surface area contributed by atoms with Crippen molar-refractivity contribution in [1.82, 2.24) is 9.80 Å². The molecule has 0 radical (unpaired) electrons. The van der Waals surface area contributed by atoms with Crippen LogP contribution in [0.2, 0.25) is 0 Å². The van der Waals surface area contributed by atoms with Gasteiger partial charge in [-0.05, 0) is 12.8 Å². The fourth-order valence-corrected chi connectivity index (χ4v) is 2.12. The van der Waals surface area contributed by atoms with Crippen LogP contribution in [0.5, 0.6) is 0 Å². The summed E-state index contributed by atoms with van der Waals surface area (Å²) < 4.78 is 0. The standard InChI is InChI=1S/C13H23N3/c1-3-4-5-6-7-8-9-13-15(2)10-11-16(13)12-14/h10-11,13H,3-9H2,1-2H3. The van der Waals surface area contributed by atoms with Crippen molar-refractivity contribution in [3.63, 3.8) is 0 Å². The van der Waals surface area contributed by atoms with Crippen LogP contribution >= 0.6 is 0 Å². The zero-order valence-corrected chi connectivity index (χ0v) is 10.5. The van der Waals surface area contributed by atoms with E-state index in [0.29, 0.717) is 0 Å². The maximum Gasteiger partial charge on any atom is 0.185 e. The zero-order valence-electron chi connectivity index (χ0n) is 10.5. The summed E-state index contributed by atoms with van der Waals surface area (Å²) in [6.07, 6.45) is 15.3. The van der Waals surface area contributed by atoms with Crippen LogP contribution in [0.4, 0.5) is 0 Å². The number of nitriles is 1. The molecule has 0 aromatic heterocycles. The topological polar surface area (TPSA) is 30.3 Å². The molecule has 0 saturated heterocycles. The fourth-order valence-electron chi connectivity index (χ4n) is 2.12. The Kier molecular flexibility index (Phi) is 5.77. The van der Waals surface area contributed by atoms with E-state index in [1.165, 1.54) is 38.5 Å². The summed E-state index contributed by atoms with van der Waals surface area (Å²) >= 11 is 0. The second kappa shape index (κ2) is 7.16. The molecule has 16 heavy (non-hydrogen) atoms. The quantitative estimate of drug-likeness (QED) is 0.488. The Morgan fingerprint density at radius 3 is 2.50 bits per heavy atom. The van der Waals surface area contributed by atoms with Crippen LogP contribution in [0.25, 0.3) is 0 Å². The molecule has 1 heterocycles. The summed E-state index contributed by atoms with van der Waals surface area (Å²) in [5.41, 5.74) is 0. The van der Waals surface area contributed by atoms with Gasteiger partial charge in [0.1, 0.15) is 6.17 Å². The molecule has 0 aromatic carbocycles. The van der Waals surface area contributed by atoms with E-state index in [2.05, 4.69) is 18.0 Å². The predicted octanol–water partition coefficient (Wildman–Crippen LogP) is 3.26. The van der Waals surface area contributed by atoms with Crippen molar-refractivity contribution < 1.29 is 0 Å². The molecular weight excluding hydrogens is 198 g/mol. The van der Waals surface area contributed by atoms with Crippen molar-refractivity contribution in [1.29, 1.82) is 5.26 Å². The SMILES string of the molecule is CCCCCCCCC1N(C)C=CN1C#N. The molecule has 1 aliphatic rings. The third-order valence-corrected chi connectivity index (χ3v) is 3.18. The van der Waals surface area contributed by atoms with Gasteiger partial charge in [-0.2, -0.15) is 5.26 Å². The first-order chi connectivity index (χ1) is 7.79. The normalized spacial score (nSPS) is 19.2. The average Bonchev–Trinajstić information content (AvgIpc) is 2.65. The fraction of sp³-hybridized carbons (Fsp3) is 0.769. The summed E-state index contributed by atoms with van der Waals surface area (Å²) in [6.45, 7) is 2.24. The van der Waals surface area contributed by atoms with Crippen LogP contribution in [0.3, 0.4) is 0 Å². The van der Waals surface area contributed by atoms with Gasteiger partial charge in [-0.1, -0.05) is 39.0 Å². The summed E-state index contributed by atoms with van der Waals surface area (Å²) in [4.78, 5) is 3.86. The van der Waals surface area contributed by atoms with Crippen LogP contribution in [0, 0.1) is 11.5 Å². The average molecular weight is 221 g/mol. The Morgan fingerprint density at radius 2 is 1.81 bits per heavy atom. The molecule has 1 rings (SSSR count). The van der Waals surface area contributed by atoms with Gasteiger partial charge in [0.2, 0.25) is 0 Å². The molecule has 90 valence electrons. The second-order valence-electron chi connectivity index (χ2n) is 4.51. The first-order valence-corrected chi connectivity index (χ1v) is 6.38. The van der Waals surface area contributed by atoms with Gasteiger partial charge in [0.05, 0.1) is 0 Å². The number of unbranched alkanes of at least 4 members (excludes halogenated alkanes) is 5. The summed E-state index contributed by atoms with van der Waals surface area (Å²) in [7, 11) is 2.04. The molecule has 0 bridgehead atoms. The van der Waals surface area contributed by atoms with Gasteiger partial charge in [-0.15, -0.1) is 0 Å². The first-order valence-electron chi connectivity index (χ1n) is 6.38. The highest BCUT2D eigenvalue weighted by atomic mass is 15.4. The Balaban J connectivity index is 2.11. The van der Waals surface area contributed by atoms with Gasteiger partial charge in [-0.25, -0.2) is 0 Å². The molecule has 0 aliphatic carbocycles. The van der Waals surface area contributed by atoms with Crippen LogP contribution in [-0.4, -0.2) is 23.0 Å². The minimum Gasteiger partial charge on any atom is -0.358 e. The monoisotopic (exact) mass is 221 g/mol. The van der Waals surface area contributed by atoms with Crippen LogP contribution in [0.15, 0.2) is 12.4 Å². The molecule has 1 aliphatic heterocycles. The lowest BCUT2D eigenvalue weighted by atomic mass is 10.1. The number of rotatable bonds is 7. The Bertz CT molecular complexity index is 254. The molecule has 1 atom stereocenters. The van der Waals surface area contributed by atoms with E-state index in [1.807, 2.05) is 19.4 Å². The van der Waals surface area contributed by atoms with E-state index in [1.54, 1.807) is 4.90 Å². The Labute approximate surface area is 99.3 Å². The smallest absolute Gasteiger partial charge is 0.185 e. The van der Waals surface area contributed by atoms with Crippen molar-refractivity contribution in [2.45, 2.75) is 58.0 Å². The molecule has 0 amide bonds. The van der Waals surface area contributed by atoms with Crippen molar-refractivity contribution in [2.24, 2.45) is 0 Å². The molecule has 3 nitrogen and oxygen atoms in total. The molecule has 3 heteroatoms. The molecule has 0 spiro atoms. The Hall–Kier alpha value is -1.17. The van der Waals surface area contributed by atoms with E-state index in [9.17, 15) is 0 Å². The van der Waals surface area contributed by atoms with Gasteiger partial charge in [0.15, 0.2) is 6.19 Å². The zero-order chi connectivity index (χ0) is 11.8. The third-order valence-electron chi connectivity index (χ3n) is 3.18. The number of nitrogens with zero attached hydrogens (tertiary/aromatic N) is 3.